The Morgan fingerprint density at radius 3 is 2.58 bits per heavy atom. The summed E-state index contributed by atoms with van der Waals surface area (Å²) in [4.78, 5) is 17.4. The SMILES string of the molecule is CCOc1ccccc1N1CCN(C(=O)[C@@H]2C[C@H]3CC[C@@H]2C3)CC1. The van der Waals surface area contributed by atoms with Crippen LogP contribution >= 0.6 is 0 Å². The van der Waals surface area contributed by atoms with E-state index >= 15 is 0 Å². The second kappa shape index (κ2) is 6.66. The molecule has 3 atom stereocenters. The van der Waals surface area contributed by atoms with Gasteiger partial charge in [-0.2, -0.15) is 0 Å². The number of hydrogen-bond donors (Lipinski definition) is 0. The van der Waals surface area contributed by atoms with Gasteiger partial charge < -0.3 is 14.5 Å². The number of anilines is 1. The van der Waals surface area contributed by atoms with Gasteiger partial charge >= 0.3 is 0 Å². The zero-order valence-electron chi connectivity index (χ0n) is 14.6. The predicted octanol–water partition coefficient (Wildman–Crippen LogP) is 3.17. The van der Waals surface area contributed by atoms with Crippen LogP contribution in [-0.4, -0.2) is 43.6 Å². The van der Waals surface area contributed by atoms with Crippen LogP contribution in [0, 0.1) is 17.8 Å². The molecule has 3 fully saturated rings. The number of carbonyl (C=O) groups excluding carboxylic acids is 1. The highest BCUT2D eigenvalue weighted by Crippen LogP contribution is 2.49. The molecule has 0 N–H and O–H groups in total. The van der Waals surface area contributed by atoms with Crippen molar-refractivity contribution >= 4 is 11.6 Å². The van der Waals surface area contributed by atoms with Gasteiger partial charge in [-0.1, -0.05) is 18.6 Å². The van der Waals surface area contributed by atoms with Crippen molar-refractivity contribution in [2.24, 2.45) is 17.8 Å². The number of amides is 1. The Balaban J connectivity index is 1.38. The molecule has 1 aromatic carbocycles. The molecular weight excluding hydrogens is 300 g/mol. The van der Waals surface area contributed by atoms with Crippen LogP contribution in [0.15, 0.2) is 24.3 Å². The molecule has 1 amide bonds. The van der Waals surface area contributed by atoms with Crippen LogP contribution in [0.5, 0.6) is 5.75 Å². The molecule has 3 aliphatic rings. The Bertz CT molecular complexity index is 595. The first-order valence-electron chi connectivity index (χ1n) is 9.52. The lowest BCUT2D eigenvalue weighted by molar-refractivity contribution is -0.137. The summed E-state index contributed by atoms with van der Waals surface area (Å²) in [6.07, 6.45) is 5.09. The molecule has 4 rings (SSSR count). The van der Waals surface area contributed by atoms with Crippen molar-refractivity contribution < 1.29 is 9.53 Å². The number of para-hydroxylation sites is 2. The number of fused-ring (bicyclic) bond motifs is 2. The Hall–Kier alpha value is -1.71. The van der Waals surface area contributed by atoms with E-state index in [1.165, 1.54) is 19.3 Å². The van der Waals surface area contributed by atoms with E-state index in [0.717, 1.165) is 50.0 Å². The fraction of sp³-hybridized carbons (Fsp3) is 0.650. The lowest BCUT2D eigenvalue weighted by Crippen LogP contribution is -2.51. The summed E-state index contributed by atoms with van der Waals surface area (Å²) >= 11 is 0. The maximum absolute atomic E-state index is 12.9. The number of piperazine rings is 1. The van der Waals surface area contributed by atoms with E-state index in [-0.39, 0.29) is 0 Å². The lowest BCUT2D eigenvalue weighted by atomic mass is 9.87. The summed E-state index contributed by atoms with van der Waals surface area (Å²) in [5, 5.41) is 0. The van der Waals surface area contributed by atoms with Crippen LogP contribution in [0.3, 0.4) is 0 Å². The topological polar surface area (TPSA) is 32.8 Å². The van der Waals surface area contributed by atoms with Crippen LogP contribution in [-0.2, 0) is 4.79 Å². The molecule has 130 valence electrons. The first-order valence-corrected chi connectivity index (χ1v) is 9.52. The average Bonchev–Trinajstić information content (AvgIpc) is 3.25. The van der Waals surface area contributed by atoms with Crippen molar-refractivity contribution in [3.63, 3.8) is 0 Å². The van der Waals surface area contributed by atoms with Crippen molar-refractivity contribution in [3.8, 4) is 5.75 Å². The van der Waals surface area contributed by atoms with Crippen molar-refractivity contribution in [1.82, 2.24) is 4.90 Å². The minimum atomic E-state index is 0.325. The van der Waals surface area contributed by atoms with Crippen molar-refractivity contribution in [3.05, 3.63) is 24.3 Å². The van der Waals surface area contributed by atoms with Gasteiger partial charge in [0.05, 0.1) is 12.3 Å². The summed E-state index contributed by atoms with van der Waals surface area (Å²) in [5.74, 6) is 3.22. The normalized spacial score (nSPS) is 29.1. The highest BCUT2D eigenvalue weighted by atomic mass is 16.5. The predicted molar refractivity (Wildman–Crippen MR) is 95.3 cm³/mol. The number of hydrogen-bond acceptors (Lipinski definition) is 3. The van der Waals surface area contributed by atoms with E-state index in [1.54, 1.807) is 0 Å². The quantitative estimate of drug-likeness (QED) is 0.851. The third-order valence-electron chi connectivity index (χ3n) is 6.15. The van der Waals surface area contributed by atoms with Crippen LogP contribution in [0.4, 0.5) is 5.69 Å². The Morgan fingerprint density at radius 1 is 1.12 bits per heavy atom. The summed E-state index contributed by atoms with van der Waals surface area (Å²) in [7, 11) is 0. The maximum atomic E-state index is 12.9. The lowest BCUT2D eigenvalue weighted by Gasteiger charge is -2.38. The molecule has 0 unspecified atom stereocenters. The number of ether oxygens (including phenoxy) is 1. The molecule has 24 heavy (non-hydrogen) atoms. The van der Waals surface area contributed by atoms with Crippen molar-refractivity contribution in [2.45, 2.75) is 32.6 Å². The number of rotatable bonds is 4. The van der Waals surface area contributed by atoms with Gasteiger partial charge in [0.2, 0.25) is 5.91 Å². The number of nitrogens with zero attached hydrogens (tertiary/aromatic N) is 2. The van der Waals surface area contributed by atoms with Crippen LogP contribution in [0.25, 0.3) is 0 Å². The van der Waals surface area contributed by atoms with Gasteiger partial charge in [-0.3, -0.25) is 4.79 Å². The molecule has 2 aliphatic carbocycles. The second-order valence-corrected chi connectivity index (χ2v) is 7.49. The first-order chi connectivity index (χ1) is 11.8. The minimum Gasteiger partial charge on any atom is -0.492 e. The largest absolute Gasteiger partial charge is 0.492 e. The molecule has 1 heterocycles. The van der Waals surface area contributed by atoms with Gasteiger partial charge in [-0.15, -0.1) is 0 Å². The molecule has 1 aromatic rings. The molecule has 4 nitrogen and oxygen atoms in total. The fourth-order valence-electron chi connectivity index (χ4n) is 4.95. The van der Waals surface area contributed by atoms with Gasteiger partial charge in [0.1, 0.15) is 5.75 Å². The van der Waals surface area contributed by atoms with Crippen LogP contribution < -0.4 is 9.64 Å². The molecule has 0 radical (unpaired) electrons. The van der Waals surface area contributed by atoms with Crippen molar-refractivity contribution in [1.29, 1.82) is 0 Å². The van der Waals surface area contributed by atoms with E-state index in [4.69, 9.17) is 4.74 Å². The molecular formula is C20H28N2O2. The molecule has 0 aromatic heterocycles. The summed E-state index contributed by atoms with van der Waals surface area (Å²) in [5.41, 5.74) is 1.16. The number of benzene rings is 1. The third-order valence-corrected chi connectivity index (χ3v) is 6.15. The zero-order chi connectivity index (χ0) is 16.5. The smallest absolute Gasteiger partial charge is 0.226 e. The van der Waals surface area contributed by atoms with E-state index in [9.17, 15) is 4.79 Å². The molecule has 4 heteroatoms. The van der Waals surface area contributed by atoms with E-state index < -0.39 is 0 Å². The highest BCUT2D eigenvalue weighted by molar-refractivity contribution is 5.80. The van der Waals surface area contributed by atoms with Crippen molar-refractivity contribution in [2.75, 3.05) is 37.7 Å². The molecule has 2 bridgehead atoms. The average molecular weight is 328 g/mol. The van der Waals surface area contributed by atoms with Gasteiger partial charge in [-0.25, -0.2) is 0 Å². The molecule has 0 spiro atoms. The Morgan fingerprint density at radius 2 is 1.92 bits per heavy atom. The van der Waals surface area contributed by atoms with Gasteiger partial charge in [0.15, 0.2) is 0 Å². The monoisotopic (exact) mass is 328 g/mol. The minimum absolute atomic E-state index is 0.325. The number of carbonyl (C=O) groups is 1. The first kappa shape index (κ1) is 15.8. The maximum Gasteiger partial charge on any atom is 0.226 e. The van der Waals surface area contributed by atoms with Gasteiger partial charge in [-0.05, 0) is 50.2 Å². The second-order valence-electron chi connectivity index (χ2n) is 7.49. The Kier molecular flexibility index (Phi) is 4.38. The summed E-state index contributed by atoms with van der Waals surface area (Å²) in [6.45, 7) is 6.18. The Labute approximate surface area is 144 Å². The highest BCUT2D eigenvalue weighted by Gasteiger charge is 2.44. The summed E-state index contributed by atoms with van der Waals surface area (Å²) < 4.78 is 5.76. The zero-order valence-corrected chi connectivity index (χ0v) is 14.6. The molecule has 1 aliphatic heterocycles. The van der Waals surface area contributed by atoms with E-state index in [1.807, 2.05) is 19.1 Å². The van der Waals surface area contributed by atoms with Gasteiger partial charge in [0.25, 0.3) is 0 Å². The standard InChI is InChI=1S/C20H28N2O2/c1-2-24-19-6-4-3-5-18(19)21-9-11-22(12-10-21)20(23)17-14-15-7-8-16(17)13-15/h3-6,15-17H,2,7-14H2,1H3/t15-,16+,17+/m0/s1. The van der Waals surface area contributed by atoms with E-state index in [2.05, 4.69) is 21.9 Å². The molecule has 2 saturated carbocycles. The van der Waals surface area contributed by atoms with E-state index in [0.29, 0.717) is 24.3 Å². The van der Waals surface area contributed by atoms with Gasteiger partial charge in [0, 0.05) is 32.1 Å². The molecule has 1 saturated heterocycles. The fourth-order valence-corrected chi connectivity index (χ4v) is 4.95. The summed E-state index contributed by atoms with van der Waals surface area (Å²) in [6, 6.07) is 8.23. The van der Waals surface area contributed by atoms with Crippen LogP contribution in [0.1, 0.15) is 32.6 Å². The third kappa shape index (κ3) is 2.87. The van der Waals surface area contributed by atoms with Crippen LogP contribution in [0.2, 0.25) is 0 Å².